The first-order chi connectivity index (χ1) is 6.20. The van der Waals surface area contributed by atoms with Crippen LogP contribution in [0.5, 0.6) is 0 Å². The molecule has 4 nitrogen and oxygen atoms in total. The smallest absolute Gasteiger partial charge is 0.220 e. The van der Waals surface area contributed by atoms with Crippen molar-refractivity contribution >= 4 is 5.91 Å². The van der Waals surface area contributed by atoms with Gasteiger partial charge in [-0.3, -0.25) is 4.79 Å². The summed E-state index contributed by atoms with van der Waals surface area (Å²) in [7, 11) is 0. The van der Waals surface area contributed by atoms with Crippen LogP contribution >= 0.6 is 0 Å². The highest BCUT2D eigenvalue weighted by molar-refractivity contribution is 5.76. The number of hydrogen-bond acceptors (Lipinski definition) is 3. The molecule has 1 atom stereocenters. The second-order valence-corrected chi connectivity index (χ2v) is 3.23. The Kier molecular flexibility index (Phi) is 7.63. The summed E-state index contributed by atoms with van der Waals surface area (Å²) in [6, 6.07) is 0.0652. The fourth-order valence-corrected chi connectivity index (χ4v) is 1.04. The van der Waals surface area contributed by atoms with E-state index in [2.05, 4.69) is 5.32 Å². The number of aliphatic hydroxyl groups excluding tert-OH is 1. The van der Waals surface area contributed by atoms with Crippen LogP contribution in [0.2, 0.25) is 0 Å². The minimum Gasteiger partial charge on any atom is -0.396 e. The number of nitrogens with one attached hydrogen (secondary N) is 1. The second-order valence-electron chi connectivity index (χ2n) is 3.23. The zero-order chi connectivity index (χ0) is 10.1. The Morgan fingerprint density at radius 1 is 1.54 bits per heavy atom. The van der Waals surface area contributed by atoms with Gasteiger partial charge in [-0.05, 0) is 32.7 Å². The van der Waals surface area contributed by atoms with Gasteiger partial charge in [0.1, 0.15) is 0 Å². The summed E-state index contributed by atoms with van der Waals surface area (Å²) < 4.78 is 0. The van der Waals surface area contributed by atoms with E-state index in [9.17, 15) is 4.79 Å². The van der Waals surface area contributed by atoms with E-state index in [0.29, 0.717) is 19.4 Å². The van der Waals surface area contributed by atoms with E-state index in [1.165, 1.54) is 0 Å². The number of unbranched alkanes of at least 4 members (excludes halogenated alkanes) is 1. The lowest BCUT2D eigenvalue weighted by Crippen LogP contribution is -2.32. The van der Waals surface area contributed by atoms with Crippen molar-refractivity contribution in [3.63, 3.8) is 0 Å². The molecular formula is C9H20N2O2. The van der Waals surface area contributed by atoms with Gasteiger partial charge in [-0.1, -0.05) is 0 Å². The summed E-state index contributed by atoms with van der Waals surface area (Å²) in [6.45, 7) is 2.64. The molecule has 78 valence electrons. The second kappa shape index (κ2) is 8.01. The first-order valence-electron chi connectivity index (χ1n) is 4.81. The van der Waals surface area contributed by atoms with E-state index in [0.717, 1.165) is 12.8 Å². The third-order valence-electron chi connectivity index (χ3n) is 1.83. The first-order valence-corrected chi connectivity index (χ1v) is 4.81. The highest BCUT2D eigenvalue weighted by Crippen LogP contribution is 1.95. The lowest BCUT2D eigenvalue weighted by Gasteiger charge is -2.11. The Balaban J connectivity index is 3.38. The van der Waals surface area contributed by atoms with Gasteiger partial charge in [-0.15, -0.1) is 0 Å². The zero-order valence-electron chi connectivity index (χ0n) is 8.25. The molecule has 0 spiro atoms. The summed E-state index contributed by atoms with van der Waals surface area (Å²) in [6.07, 6.45) is 2.88. The molecule has 0 bridgehead atoms. The summed E-state index contributed by atoms with van der Waals surface area (Å²) >= 11 is 0. The summed E-state index contributed by atoms with van der Waals surface area (Å²) in [5.41, 5.74) is 5.30. The maximum Gasteiger partial charge on any atom is 0.220 e. The molecule has 0 aliphatic rings. The van der Waals surface area contributed by atoms with E-state index in [-0.39, 0.29) is 18.6 Å². The number of carbonyl (C=O) groups is 1. The van der Waals surface area contributed by atoms with Crippen molar-refractivity contribution in [1.82, 2.24) is 5.32 Å². The van der Waals surface area contributed by atoms with Crippen LogP contribution in [0.3, 0.4) is 0 Å². The number of nitrogens with two attached hydrogens (primary N) is 1. The van der Waals surface area contributed by atoms with E-state index in [1.807, 2.05) is 6.92 Å². The maximum atomic E-state index is 11.2. The van der Waals surface area contributed by atoms with Gasteiger partial charge in [0.2, 0.25) is 5.91 Å². The molecule has 0 rings (SSSR count). The van der Waals surface area contributed by atoms with Crippen LogP contribution in [0, 0.1) is 0 Å². The van der Waals surface area contributed by atoms with Crippen LogP contribution in [0.25, 0.3) is 0 Å². The third-order valence-corrected chi connectivity index (χ3v) is 1.83. The number of rotatable bonds is 7. The van der Waals surface area contributed by atoms with Crippen molar-refractivity contribution in [1.29, 1.82) is 0 Å². The van der Waals surface area contributed by atoms with E-state index < -0.39 is 0 Å². The van der Waals surface area contributed by atoms with Crippen LogP contribution in [0.1, 0.15) is 32.6 Å². The van der Waals surface area contributed by atoms with Crippen molar-refractivity contribution in [3.8, 4) is 0 Å². The molecule has 13 heavy (non-hydrogen) atoms. The molecule has 0 saturated heterocycles. The Morgan fingerprint density at radius 2 is 2.23 bits per heavy atom. The lowest BCUT2D eigenvalue weighted by atomic mass is 10.2. The molecule has 4 heteroatoms. The SMILES string of the molecule is CC(CCO)NC(=O)CCCCN. The normalized spacial score (nSPS) is 12.5. The fraction of sp³-hybridized carbons (Fsp3) is 0.889. The molecule has 1 unspecified atom stereocenters. The van der Waals surface area contributed by atoms with Gasteiger partial charge in [-0.2, -0.15) is 0 Å². The summed E-state index contributed by atoms with van der Waals surface area (Å²) in [5, 5.41) is 11.4. The average molecular weight is 188 g/mol. The average Bonchev–Trinajstić information content (AvgIpc) is 2.05. The van der Waals surface area contributed by atoms with Crippen LogP contribution in [0.15, 0.2) is 0 Å². The molecule has 0 fully saturated rings. The predicted molar refractivity (Wildman–Crippen MR) is 52.2 cm³/mol. The Bertz CT molecular complexity index is 140. The minimum atomic E-state index is 0.0504. The molecule has 0 radical (unpaired) electrons. The van der Waals surface area contributed by atoms with Crippen LogP contribution in [-0.2, 0) is 4.79 Å². The third kappa shape index (κ3) is 7.74. The number of aliphatic hydroxyl groups is 1. The topological polar surface area (TPSA) is 75.3 Å². The quantitative estimate of drug-likeness (QED) is 0.492. The monoisotopic (exact) mass is 188 g/mol. The molecule has 4 N–H and O–H groups in total. The van der Waals surface area contributed by atoms with Gasteiger partial charge in [-0.25, -0.2) is 0 Å². The minimum absolute atomic E-state index is 0.0504. The van der Waals surface area contributed by atoms with Gasteiger partial charge in [0, 0.05) is 19.1 Å². The highest BCUT2D eigenvalue weighted by atomic mass is 16.3. The maximum absolute atomic E-state index is 11.2. The van der Waals surface area contributed by atoms with Gasteiger partial charge in [0.15, 0.2) is 0 Å². The van der Waals surface area contributed by atoms with Gasteiger partial charge >= 0.3 is 0 Å². The molecule has 0 aromatic rings. The number of amides is 1. The molecule has 0 aliphatic carbocycles. The van der Waals surface area contributed by atoms with Crippen molar-refractivity contribution < 1.29 is 9.90 Å². The zero-order valence-corrected chi connectivity index (χ0v) is 8.25. The standard InChI is InChI=1S/C9H20N2O2/c1-8(5-7-12)11-9(13)4-2-3-6-10/h8,12H,2-7,10H2,1H3,(H,11,13). The largest absolute Gasteiger partial charge is 0.396 e. The summed E-state index contributed by atoms with van der Waals surface area (Å²) in [5.74, 6) is 0.0504. The molecule has 0 heterocycles. The summed E-state index contributed by atoms with van der Waals surface area (Å²) in [4.78, 5) is 11.2. The molecule has 0 aliphatic heterocycles. The molecule has 0 saturated carbocycles. The fourth-order valence-electron chi connectivity index (χ4n) is 1.04. The van der Waals surface area contributed by atoms with Gasteiger partial charge < -0.3 is 16.2 Å². The van der Waals surface area contributed by atoms with Crippen molar-refractivity contribution in [2.45, 2.75) is 38.6 Å². The van der Waals surface area contributed by atoms with Crippen LogP contribution in [-0.4, -0.2) is 30.2 Å². The predicted octanol–water partition coefficient (Wildman–Crippen LogP) is 0.00250. The number of carbonyl (C=O) groups excluding carboxylic acids is 1. The Hall–Kier alpha value is -0.610. The molecule has 0 aromatic carbocycles. The first kappa shape index (κ1) is 12.4. The van der Waals surface area contributed by atoms with Gasteiger partial charge in [0.05, 0.1) is 0 Å². The van der Waals surface area contributed by atoms with Crippen molar-refractivity contribution in [2.24, 2.45) is 5.73 Å². The highest BCUT2D eigenvalue weighted by Gasteiger charge is 2.05. The van der Waals surface area contributed by atoms with E-state index in [1.54, 1.807) is 0 Å². The van der Waals surface area contributed by atoms with Crippen molar-refractivity contribution in [2.75, 3.05) is 13.2 Å². The molecular weight excluding hydrogens is 168 g/mol. The van der Waals surface area contributed by atoms with Crippen molar-refractivity contribution in [3.05, 3.63) is 0 Å². The Labute approximate surface area is 79.5 Å². The van der Waals surface area contributed by atoms with Crippen LogP contribution in [0.4, 0.5) is 0 Å². The molecule has 1 amide bonds. The van der Waals surface area contributed by atoms with Crippen LogP contribution < -0.4 is 11.1 Å². The van der Waals surface area contributed by atoms with E-state index >= 15 is 0 Å². The molecule has 0 aromatic heterocycles. The Morgan fingerprint density at radius 3 is 2.77 bits per heavy atom. The van der Waals surface area contributed by atoms with Gasteiger partial charge in [0.25, 0.3) is 0 Å². The number of hydrogen-bond donors (Lipinski definition) is 3. The van der Waals surface area contributed by atoms with E-state index in [4.69, 9.17) is 10.8 Å². The lowest BCUT2D eigenvalue weighted by molar-refractivity contribution is -0.121.